The number of carbonyl (C=O) groups is 1. The third kappa shape index (κ3) is 2.72. The van der Waals surface area contributed by atoms with Gasteiger partial charge in [0.05, 0.1) is 11.1 Å². The number of carbonyl (C=O) groups excluding carboxylic acids is 1. The molecular formula is C9H9F3N2OS. The van der Waals surface area contributed by atoms with Gasteiger partial charge >= 0.3 is 6.18 Å². The summed E-state index contributed by atoms with van der Waals surface area (Å²) in [4.78, 5) is 15.9. The number of aromatic nitrogens is 1. The number of aldehydes is 1. The largest absolute Gasteiger partial charge is 0.406 e. The molecule has 0 amide bonds. The number of thiazole rings is 1. The molecule has 0 atom stereocenters. The fourth-order valence-corrected chi connectivity index (χ4v) is 2.20. The molecule has 0 unspecified atom stereocenters. The van der Waals surface area contributed by atoms with Crippen LogP contribution >= 0.6 is 11.3 Å². The van der Waals surface area contributed by atoms with E-state index >= 15 is 0 Å². The second-order valence-corrected chi connectivity index (χ2v) is 4.68. The predicted octanol–water partition coefficient (Wildman–Crippen LogP) is 2.49. The topological polar surface area (TPSA) is 33.2 Å². The van der Waals surface area contributed by atoms with Gasteiger partial charge in [-0.15, -0.1) is 0 Å². The molecule has 0 aliphatic heterocycles. The van der Waals surface area contributed by atoms with Crippen molar-refractivity contribution in [3.8, 4) is 0 Å². The minimum Gasteiger partial charge on any atom is -0.336 e. The molecule has 1 fully saturated rings. The maximum atomic E-state index is 12.3. The Morgan fingerprint density at radius 2 is 2.25 bits per heavy atom. The predicted molar refractivity (Wildman–Crippen MR) is 53.9 cm³/mol. The van der Waals surface area contributed by atoms with E-state index in [1.165, 1.54) is 11.1 Å². The first kappa shape index (κ1) is 11.4. The van der Waals surface area contributed by atoms with Crippen LogP contribution in [0.1, 0.15) is 22.5 Å². The van der Waals surface area contributed by atoms with E-state index in [0.29, 0.717) is 11.2 Å². The molecule has 0 spiro atoms. The Morgan fingerprint density at radius 3 is 2.69 bits per heavy atom. The summed E-state index contributed by atoms with van der Waals surface area (Å²) in [7, 11) is 0. The maximum Gasteiger partial charge on any atom is 0.406 e. The molecule has 1 saturated carbocycles. The summed E-state index contributed by atoms with van der Waals surface area (Å²) in [5.74, 6) is 0. The SMILES string of the molecule is O=Cc1cnc(N(CC(F)(F)F)C2CC2)s1. The molecule has 16 heavy (non-hydrogen) atoms. The molecule has 1 heterocycles. The van der Waals surface area contributed by atoms with Gasteiger partial charge in [-0.05, 0) is 12.8 Å². The molecule has 0 bridgehead atoms. The molecule has 7 heteroatoms. The average molecular weight is 250 g/mol. The van der Waals surface area contributed by atoms with Gasteiger partial charge in [0.2, 0.25) is 0 Å². The Hall–Kier alpha value is -1.11. The second-order valence-electron chi connectivity index (χ2n) is 3.64. The van der Waals surface area contributed by atoms with Gasteiger partial charge in [0, 0.05) is 6.04 Å². The summed E-state index contributed by atoms with van der Waals surface area (Å²) in [5.41, 5.74) is 0. The number of hydrogen-bond donors (Lipinski definition) is 0. The summed E-state index contributed by atoms with van der Waals surface area (Å²) in [6, 6.07) is -0.0766. The molecule has 1 aliphatic rings. The Morgan fingerprint density at radius 1 is 1.56 bits per heavy atom. The highest BCUT2D eigenvalue weighted by Crippen LogP contribution is 2.35. The lowest BCUT2D eigenvalue weighted by atomic mass is 10.5. The normalized spacial score (nSPS) is 16.2. The van der Waals surface area contributed by atoms with Crippen LogP contribution in [0.5, 0.6) is 0 Å². The van der Waals surface area contributed by atoms with Crippen LogP contribution < -0.4 is 4.90 Å². The highest BCUT2D eigenvalue weighted by molar-refractivity contribution is 7.17. The van der Waals surface area contributed by atoms with Crippen LogP contribution in [-0.4, -0.2) is 30.0 Å². The van der Waals surface area contributed by atoms with Crippen molar-refractivity contribution in [2.45, 2.75) is 25.1 Å². The quantitative estimate of drug-likeness (QED) is 0.770. The van der Waals surface area contributed by atoms with E-state index in [2.05, 4.69) is 4.98 Å². The number of halogens is 3. The van der Waals surface area contributed by atoms with E-state index in [1.807, 2.05) is 0 Å². The average Bonchev–Trinajstić information content (AvgIpc) is 2.91. The van der Waals surface area contributed by atoms with Crippen LogP contribution in [0.4, 0.5) is 18.3 Å². The molecule has 0 radical (unpaired) electrons. The number of nitrogens with zero attached hydrogens (tertiary/aromatic N) is 2. The minimum atomic E-state index is -4.24. The molecule has 88 valence electrons. The zero-order valence-corrected chi connectivity index (χ0v) is 9.01. The Balaban J connectivity index is 2.15. The van der Waals surface area contributed by atoms with E-state index in [4.69, 9.17) is 0 Å². The van der Waals surface area contributed by atoms with Gasteiger partial charge in [0.25, 0.3) is 0 Å². The first-order chi connectivity index (χ1) is 7.49. The Labute approximate surface area is 93.9 Å². The van der Waals surface area contributed by atoms with Gasteiger partial charge in [0.1, 0.15) is 6.54 Å². The molecule has 1 aromatic heterocycles. The number of anilines is 1. The lowest BCUT2D eigenvalue weighted by Crippen LogP contribution is -2.35. The van der Waals surface area contributed by atoms with E-state index < -0.39 is 12.7 Å². The first-order valence-corrected chi connectivity index (χ1v) is 5.55. The van der Waals surface area contributed by atoms with Crippen molar-refractivity contribution in [3.63, 3.8) is 0 Å². The van der Waals surface area contributed by atoms with Crippen molar-refractivity contribution in [3.05, 3.63) is 11.1 Å². The lowest BCUT2D eigenvalue weighted by molar-refractivity contribution is -0.120. The molecule has 2 rings (SSSR count). The van der Waals surface area contributed by atoms with Gasteiger partial charge < -0.3 is 4.90 Å². The minimum absolute atomic E-state index is 0.0766. The summed E-state index contributed by atoms with van der Waals surface area (Å²) >= 11 is 0.997. The smallest absolute Gasteiger partial charge is 0.336 e. The third-order valence-electron chi connectivity index (χ3n) is 2.21. The fraction of sp³-hybridized carbons (Fsp3) is 0.556. The van der Waals surface area contributed by atoms with Crippen molar-refractivity contribution in [1.82, 2.24) is 4.98 Å². The molecule has 0 aromatic carbocycles. The molecular weight excluding hydrogens is 241 g/mol. The lowest BCUT2D eigenvalue weighted by Gasteiger charge is -2.22. The van der Waals surface area contributed by atoms with Gasteiger partial charge in [-0.25, -0.2) is 4.98 Å². The summed E-state index contributed by atoms with van der Waals surface area (Å²) < 4.78 is 37.0. The first-order valence-electron chi connectivity index (χ1n) is 4.74. The molecule has 1 aliphatic carbocycles. The summed E-state index contributed by atoms with van der Waals surface area (Å²) in [5, 5.41) is 0.280. The molecule has 0 saturated heterocycles. The standard InChI is InChI=1S/C9H9F3N2OS/c10-9(11,12)5-14(6-1-2-6)8-13-3-7(4-15)16-8/h3-4,6H,1-2,5H2. The zero-order chi connectivity index (χ0) is 11.8. The molecule has 0 N–H and O–H groups in total. The number of hydrogen-bond acceptors (Lipinski definition) is 4. The molecule has 1 aromatic rings. The van der Waals surface area contributed by atoms with E-state index in [0.717, 1.165) is 24.2 Å². The van der Waals surface area contributed by atoms with Crippen LogP contribution in [0, 0.1) is 0 Å². The van der Waals surface area contributed by atoms with E-state index in [1.54, 1.807) is 0 Å². The van der Waals surface area contributed by atoms with Gasteiger partial charge in [0.15, 0.2) is 11.4 Å². The van der Waals surface area contributed by atoms with Gasteiger partial charge in [-0.3, -0.25) is 4.79 Å². The van der Waals surface area contributed by atoms with Crippen LogP contribution in [0.25, 0.3) is 0 Å². The van der Waals surface area contributed by atoms with Crippen molar-refractivity contribution < 1.29 is 18.0 Å². The Kier molecular flexibility index (Phi) is 2.88. The maximum absolute atomic E-state index is 12.3. The second kappa shape index (κ2) is 4.04. The van der Waals surface area contributed by atoms with Crippen LogP contribution in [0.2, 0.25) is 0 Å². The monoisotopic (exact) mass is 250 g/mol. The fourth-order valence-electron chi connectivity index (χ4n) is 1.40. The van der Waals surface area contributed by atoms with Crippen LogP contribution in [0.3, 0.4) is 0 Å². The van der Waals surface area contributed by atoms with Gasteiger partial charge in [-0.1, -0.05) is 11.3 Å². The third-order valence-corrected chi connectivity index (χ3v) is 3.17. The van der Waals surface area contributed by atoms with E-state index in [9.17, 15) is 18.0 Å². The van der Waals surface area contributed by atoms with E-state index in [-0.39, 0.29) is 11.2 Å². The van der Waals surface area contributed by atoms with Crippen molar-refractivity contribution in [2.75, 3.05) is 11.4 Å². The highest BCUT2D eigenvalue weighted by atomic mass is 32.1. The van der Waals surface area contributed by atoms with Crippen molar-refractivity contribution >= 4 is 22.8 Å². The van der Waals surface area contributed by atoms with Crippen LogP contribution in [-0.2, 0) is 0 Å². The van der Waals surface area contributed by atoms with Crippen molar-refractivity contribution in [2.24, 2.45) is 0 Å². The van der Waals surface area contributed by atoms with Crippen LogP contribution in [0.15, 0.2) is 6.20 Å². The zero-order valence-electron chi connectivity index (χ0n) is 8.20. The Bertz CT molecular complexity index is 386. The van der Waals surface area contributed by atoms with Crippen molar-refractivity contribution in [1.29, 1.82) is 0 Å². The number of alkyl halides is 3. The summed E-state index contributed by atoms with van der Waals surface area (Å²) in [6.07, 6.45) is -0.827. The number of rotatable bonds is 4. The summed E-state index contributed by atoms with van der Waals surface area (Å²) in [6.45, 7) is -0.997. The highest BCUT2D eigenvalue weighted by Gasteiger charge is 2.39. The molecule has 3 nitrogen and oxygen atoms in total. The van der Waals surface area contributed by atoms with Gasteiger partial charge in [-0.2, -0.15) is 13.2 Å².